The molecule has 2 aromatic rings. The summed E-state index contributed by atoms with van der Waals surface area (Å²) in [4.78, 5) is 11.9. The summed E-state index contributed by atoms with van der Waals surface area (Å²) in [5.41, 5.74) is 1.11. The third-order valence-electron chi connectivity index (χ3n) is 2.28. The van der Waals surface area contributed by atoms with E-state index in [9.17, 15) is 4.79 Å². The highest BCUT2D eigenvalue weighted by Gasteiger charge is 2.08. The molecule has 0 bridgehead atoms. The molecule has 2 aromatic carbocycles. The van der Waals surface area contributed by atoms with Crippen LogP contribution in [0.4, 0.5) is 5.69 Å². The molecule has 0 unspecified atom stereocenters. The summed E-state index contributed by atoms with van der Waals surface area (Å²) in [6.07, 6.45) is 0. The van der Waals surface area contributed by atoms with Gasteiger partial charge in [0.1, 0.15) is 0 Å². The summed E-state index contributed by atoms with van der Waals surface area (Å²) in [6, 6.07) is 11.6. The van der Waals surface area contributed by atoms with E-state index in [2.05, 4.69) is 5.32 Å². The van der Waals surface area contributed by atoms with E-state index in [4.69, 9.17) is 34.8 Å². The van der Waals surface area contributed by atoms with Crippen molar-refractivity contribution in [3.63, 3.8) is 0 Å². The summed E-state index contributed by atoms with van der Waals surface area (Å²) in [5.74, 6) is -0.254. The molecular formula is C13H8Cl3NO. The Morgan fingerprint density at radius 2 is 1.56 bits per heavy atom. The molecule has 1 amide bonds. The molecule has 0 aromatic heterocycles. The van der Waals surface area contributed by atoms with Gasteiger partial charge in [-0.05, 0) is 42.5 Å². The summed E-state index contributed by atoms with van der Waals surface area (Å²) < 4.78 is 0. The quantitative estimate of drug-likeness (QED) is 0.840. The van der Waals surface area contributed by atoms with Gasteiger partial charge >= 0.3 is 0 Å². The summed E-state index contributed by atoms with van der Waals surface area (Å²) in [5, 5.41) is 4.11. The third kappa shape index (κ3) is 3.16. The molecule has 5 heteroatoms. The van der Waals surface area contributed by atoms with Gasteiger partial charge in [-0.1, -0.05) is 34.8 Å². The Morgan fingerprint density at radius 1 is 0.889 bits per heavy atom. The fraction of sp³-hybridized carbons (Fsp3) is 0. The lowest BCUT2D eigenvalue weighted by atomic mass is 10.2. The largest absolute Gasteiger partial charge is 0.322 e. The topological polar surface area (TPSA) is 29.1 Å². The number of anilines is 1. The number of carbonyl (C=O) groups is 1. The zero-order valence-electron chi connectivity index (χ0n) is 9.08. The van der Waals surface area contributed by atoms with Gasteiger partial charge in [0.05, 0.1) is 10.0 Å². The Balaban J connectivity index is 2.16. The zero-order chi connectivity index (χ0) is 13.1. The van der Waals surface area contributed by atoms with Gasteiger partial charge in [0.25, 0.3) is 5.91 Å². The summed E-state index contributed by atoms with van der Waals surface area (Å²) >= 11 is 17.4. The number of hydrogen-bond acceptors (Lipinski definition) is 1. The Kier molecular flexibility index (Phi) is 4.12. The van der Waals surface area contributed by atoms with Crippen molar-refractivity contribution in [2.75, 3.05) is 5.32 Å². The number of hydrogen-bond donors (Lipinski definition) is 1. The van der Waals surface area contributed by atoms with Crippen LogP contribution in [-0.2, 0) is 0 Å². The van der Waals surface area contributed by atoms with E-state index in [1.165, 1.54) is 6.07 Å². The van der Waals surface area contributed by atoms with Crippen LogP contribution in [0.15, 0.2) is 42.5 Å². The number of halogens is 3. The molecule has 2 nitrogen and oxygen atoms in total. The molecule has 18 heavy (non-hydrogen) atoms. The minimum atomic E-state index is -0.254. The molecule has 0 aliphatic rings. The first-order chi connectivity index (χ1) is 8.56. The maximum Gasteiger partial charge on any atom is 0.255 e. The van der Waals surface area contributed by atoms with Gasteiger partial charge in [0.15, 0.2) is 0 Å². The van der Waals surface area contributed by atoms with Gasteiger partial charge in [0, 0.05) is 16.3 Å². The monoisotopic (exact) mass is 299 g/mol. The van der Waals surface area contributed by atoms with Crippen molar-refractivity contribution in [1.82, 2.24) is 0 Å². The number of carbonyl (C=O) groups excluding carboxylic acids is 1. The van der Waals surface area contributed by atoms with Gasteiger partial charge < -0.3 is 5.32 Å². The van der Waals surface area contributed by atoms with Crippen LogP contribution in [0.5, 0.6) is 0 Å². The molecule has 0 saturated heterocycles. The van der Waals surface area contributed by atoms with Gasteiger partial charge in [0.2, 0.25) is 0 Å². The van der Waals surface area contributed by atoms with E-state index < -0.39 is 0 Å². The van der Waals surface area contributed by atoms with Crippen molar-refractivity contribution in [1.29, 1.82) is 0 Å². The van der Waals surface area contributed by atoms with Gasteiger partial charge in [-0.25, -0.2) is 0 Å². The lowest BCUT2D eigenvalue weighted by Crippen LogP contribution is -2.11. The van der Waals surface area contributed by atoms with Crippen LogP contribution in [0.1, 0.15) is 10.4 Å². The van der Waals surface area contributed by atoms with Crippen LogP contribution in [0.2, 0.25) is 15.1 Å². The smallest absolute Gasteiger partial charge is 0.255 e. The predicted octanol–water partition coefficient (Wildman–Crippen LogP) is 4.90. The normalized spacial score (nSPS) is 10.2. The molecule has 0 saturated carbocycles. The fourth-order valence-electron chi connectivity index (χ4n) is 1.37. The number of rotatable bonds is 2. The van der Waals surface area contributed by atoms with Crippen LogP contribution in [0, 0.1) is 0 Å². The lowest BCUT2D eigenvalue weighted by Gasteiger charge is -2.06. The standard InChI is InChI=1S/C13H8Cl3NO/c14-9-2-4-10(5-3-9)17-13(18)8-1-6-11(15)12(16)7-8/h1-7H,(H,17,18). The van der Waals surface area contributed by atoms with E-state index in [0.29, 0.717) is 26.3 Å². The third-order valence-corrected chi connectivity index (χ3v) is 3.27. The molecule has 0 atom stereocenters. The SMILES string of the molecule is O=C(Nc1ccc(Cl)cc1)c1ccc(Cl)c(Cl)c1. The first-order valence-corrected chi connectivity index (χ1v) is 6.21. The van der Waals surface area contributed by atoms with Crippen molar-refractivity contribution in [2.24, 2.45) is 0 Å². The molecule has 1 N–H and O–H groups in total. The van der Waals surface area contributed by atoms with Crippen molar-refractivity contribution in [3.05, 3.63) is 63.1 Å². The second-order valence-corrected chi connectivity index (χ2v) is 4.84. The van der Waals surface area contributed by atoms with Gasteiger partial charge in [-0.3, -0.25) is 4.79 Å². The van der Waals surface area contributed by atoms with E-state index >= 15 is 0 Å². The lowest BCUT2D eigenvalue weighted by molar-refractivity contribution is 0.102. The second kappa shape index (κ2) is 5.61. The Labute approximate surface area is 119 Å². The minimum Gasteiger partial charge on any atom is -0.322 e. The maximum absolute atomic E-state index is 11.9. The highest BCUT2D eigenvalue weighted by molar-refractivity contribution is 6.42. The Hall–Kier alpha value is -1.22. The van der Waals surface area contributed by atoms with Crippen molar-refractivity contribution in [2.45, 2.75) is 0 Å². The first kappa shape index (κ1) is 13.2. The highest BCUT2D eigenvalue weighted by atomic mass is 35.5. The van der Waals surface area contributed by atoms with Gasteiger partial charge in [-0.15, -0.1) is 0 Å². The zero-order valence-corrected chi connectivity index (χ0v) is 11.4. The molecule has 0 aliphatic heterocycles. The van der Waals surface area contributed by atoms with E-state index in [1.807, 2.05) is 0 Å². The Bertz CT molecular complexity index is 581. The van der Waals surface area contributed by atoms with E-state index in [-0.39, 0.29) is 5.91 Å². The van der Waals surface area contributed by atoms with E-state index in [0.717, 1.165) is 0 Å². The molecular weight excluding hydrogens is 293 g/mol. The van der Waals surface area contributed by atoms with Crippen LogP contribution in [-0.4, -0.2) is 5.91 Å². The first-order valence-electron chi connectivity index (χ1n) is 5.08. The molecule has 0 aliphatic carbocycles. The van der Waals surface area contributed by atoms with Crippen LogP contribution < -0.4 is 5.32 Å². The molecule has 0 radical (unpaired) electrons. The number of nitrogens with one attached hydrogen (secondary N) is 1. The summed E-state index contributed by atoms with van der Waals surface area (Å²) in [6.45, 7) is 0. The maximum atomic E-state index is 11.9. The highest BCUT2D eigenvalue weighted by Crippen LogP contribution is 2.23. The molecule has 0 fully saturated rings. The fourth-order valence-corrected chi connectivity index (χ4v) is 1.80. The van der Waals surface area contributed by atoms with Crippen LogP contribution in [0.25, 0.3) is 0 Å². The number of amides is 1. The molecule has 2 rings (SSSR count). The van der Waals surface area contributed by atoms with Crippen molar-refractivity contribution < 1.29 is 4.79 Å². The second-order valence-electron chi connectivity index (χ2n) is 3.59. The predicted molar refractivity (Wildman–Crippen MR) is 75.9 cm³/mol. The Morgan fingerprint density at radius 3 is 2.17 bits per heavy atom. The van der Waals surface area contributed by atoms with Gasteiger partial charge in [-0.2, -0.15) is 0 Å². The van der Waals surface area contributed by atoms with Crippen molar-refractivity contribution >= 4 is 46.4 Å². The molecule has 0 heterocycles. The van der Waals surface area contributed by atoms with Crippen LogP contribution >= 0.6 is 34.8 Å². The minimum absolute atomic E-state index is 0.254. The number of benzene rings is 2. The molecule has 92 valence electrons. The summed E-state index contributed by atoms with van der Waals surface area (Å²) in [7, 11) is 0. The van der Waals surface area contributed by atoms with E-state index in [1.54, 1.807) is 36.4 Å². The van der Waals surface area contributed by atoms with Crippen LogP contribution in [0.3, 0.4) is 0 Å². The average Bonchev–Trinajstić information content (AvgIpc) is 2.35. The van der Waals surface area contributed by atoms with Crippen molar-refractivity contribution in [3.8, 4) is 0 Å². The molecule has 0 spiro atoms. The average molecular weight is 301 g/mol.